The Balaban J connectivity index is 2.15. The highest BCUT2D eigenvalue weighted by Crippen LogP contribution is 2.09. The van der Waals surface area contributed by atoms with Crippen LogP contribution >= 0.6 is 0 Å². The molecular formula is C11H9NO. The summed E-state index contributed by atoms with van der Waals surface area (Å²) in [6.07, 6.45) is 3.34. The van der Waals surface area contributed by atoms with E-state index in [4.69, 9.17) is 4.42 Å². The van der Waals surface area contributed by atoms with Crippen LogP contribution in [0.4, 0.5) is 5.69 Å². The van der Waals surface area contributed by atoms with Crippen LogP contribution in [0.3, 0.4) is 0 Å². The molecule has 0 radical (unpaired) electrons. The lowest BCUT2D eigenvalue weighted by atomic mass is 10.3. The first-order valence-electron chi connectivity index (χ1n) is 4.08. The molecule has 2 nitrogen and oxygen atoms in total. The summed E-state index contributed by atoms with van der Waals surface area (Å²) in [5.41, 5.74) is 0.930. The molecule has 0 N–H and O–H groups in total. The number of rotatable bonds is 2. The zero-order chi connectivity index (χ0) is 8.93. The van der Waals surface area contributed by atoms with Gasteiger partial charge in [-0.25, -0.2) is 0 Å². The Labute approximate surface area is 76.5 Å². The predicted molar refractivity (Wildman–Crippen MR) is 52.4 cm³/mol. The average molecular weight is 171 g/mol. The lowest BCUT2D eigenvalue weighted by Gasteiger charge is -1.89. The first-order valence-corrected chi connectivity index (χ1v) is 4.08. The van der Waals surface area contributed by atoms with Gasteiger partial charge in [-0.3, -0.25) is 4.99 Å². The van der Waals surface area contributed by atoms with E-state index < -0.39 is 0 Å². The van der Waals surface area contributed by atoms with Crippen molar-refractivity contribution in [2.24, 2.45) is 4.99 Å². The van der Waals surface area contributed by atoms with E-state index in [2.05, 4.69) is 4.99 Å². The van der Waals surface area contributed by atoms with Gasteiger partial charge >= 0.3 is 0 Å². The third-order valence-corrected chi connectivity index (χ3v) is 1.64. The molecule has 0 bridgehead atoms. The minimum atomic E-state index is 0.767. The summed E-state index contributed by atoms with van der Waals surface area (Å²) >= 11 is 0. The average Bonchev–Trinajstić information content (AvgIpc) is 2.69. The van der Waals surface area contributed by atoms with Gasteiger partial charge in [-0.2, -0.15) is 0 Å². The normalized spacial score (nSPS) is 10.8. The Hall–Kier alpha value is -1.83. The number of furan rings is 1. The van der Waals surface area contributed by atoms with Crippen LogP contribution in [0.2, 0.25) is 0 Å². The minimum absolute atomic E-state index is 0.767. The van der Waals surface area contributed by atoms with Crippen molar-refractivity contribution in [1.29, 1.82) is 0 Å². The molecule has 2 rings (SSSR count). The van der Waals surface area contributed by atoms with Gasteiger partial charge in [0.2, 0.25) is 0 Å². The van der Waals surface area contributed by atoms with Crippen LogP contribution < -0.4 is 0 Å². The fourth-order valence-corrected chi connectivity index (χ4v) is 1.02. The van der Waals surface area contributed by atoms with Crippen molar-refractivity contribution in [2.45, 2.75) is 0 Å². The number of benzene rings is 1. The van der Waals surface area contributed by atoms with Gasteiger partial charge in [-0.05, 0) is 24.3 Å². The van der Waals surface area contributed by atoms with Gasteiger partial charge in [0.1, 0.15) is 5.76 Å². The highest BCUT2D eigenvalue weighted by atomic mass is 16.3. The zero-order valence-electron chi connectivity index (χ0n) is 7.05. The van der Waals surface area contributed by atoms with Gasteiger partial charge in [0.15, 0.2) is 0 Å². The fraction of sp³-hybridized carbons (Fsp3) is 0. The van der Waals surface area contributed by atoms with E-state index in [9.17, 15) is 0 Å². The van der Waals surface area contributed by atoms with Crippen LogP contribution in [0.15, 0.2) is 58.1 Å². The predicted octanol–water partition coefficient (Wildman–Crippen LogP) is 3.03. The lowest BCUT2D eigenvalue weighted by molar-refractivity contribution is 0.560. The molecule has 0 unspecified atom stereocenters. The van der Waals surface area contributed by atoms with Crippen molar-refractivity contribution < 1.29 is 4.42 Å². The summed E-state index contributed by atoms with van der Waals surface area (Å²) in [6.45, 7) is 0. The van der Waals surface area contributed by atoms with Crippen LogP contribution in [0.25, 0.3) is 0 Å². The quantitative estimate of drug-likeness (QED) is 0.637. The van der Waals surface area contributed by atoms with E-state index >= 15 is 0 Å². The van der Waals surface area contributed by atoms with Crippen molar-refractivity contribution >= 4 is 11.9 Å². The summed E-state index contributed by atoms with van der Waals surface area (Å²) in [7, 11) is 0. The van der Waals surface area contributed by atoms with Gasteiger partial charge in [-0.1, -0.05) is 18.2 Å². The van der Waals surface area contributed by atoms with Crippen LogP contribution in [0, 0.1) is 0 Å². The topological polar surface area (TPSA) is 25.5 Å². The van der Waals surface area contributed by atoms with E-state index in [1.165, 1.54) is 0 Å². The molecule has 0 saturated heterocycles. The van der Waals surface area contributed by atoms with Gasteiger partial charge in [0.25, 0.3) is 0 Å². The third kappa shape index (κ3) is 2.06. The molecule has 0 aliphatic rings. The number of aliphatic imine (C=N–C) groups is 1. The second-order valence-corrected chi connectivity index (χ2v) is 2.61. The molecule has 1 aromatic carbocycles. The van der Waals surface area contributed by atoms with Crippen LogP contribution in [0.1, 0.15) is 5.76 Å². The van der Waals surface area contributed by atoms with E-state index in [-0.39, 0.29) is 0 Å². The van der Waals surface area contributed by atoms with Crippen LogP contribution in [-0.2, 0) is 0 Å². The molecule has 0 aliphatic heterocycles. The van der Waals surface area contributed by atoms with Crippen molar-refractivity contribution in [1.82, 2.24) is 0 Å². The number of hydrogen-bond donors (Lipinski definition) is 0. The monoisotopic (exact) mass is 171 g/mol. The smallest absolute Gasteiger partial charge is 0.144 e. The molecular weight excluding hydrogens is 162 g/mol. The minimum Gasteiger partial charge on any atom is -0.463 e. The summed E-state index contributed by atoms with van der Waals surface area (Å²) < 4.78 is 5.11. The second kappa shape index (κ2) is 3.72. The second-order valence-electron chi connectivity index (χ2n) is 2.61. The molecule has 0 fully saturated rings. The van der Waals surface area contributed by atoms with Gasteiger partial charge < -0.3 is 4.42 Å². The molecule has 0 amide bonds. The summed E-state index contributed by atoms with van der Waals surface area (Å²) in [5.74, 6) is 0.767. The van der Waals surface area contributed by atoms with E-state index in [0.717, 1.165) is 11.4 Å². The maximum atomic E-state index is 5.11. The van der Waals surface area contributed by atoms with Crippen molar-refractivity contribution in [2.75, 3.05) is 0 Å². The molecule has 64 valence electrons. The Morgan fingerprint density at radius 2 is 1.85 bits per heavy atom. The van der Waals surface area contributed by atoms with Crippen LogP contribution in [0.5, 0.6) is 0 Å². The Morgan fingerprint density at radius 1 is 1.00 bits per heavy atom. The zero-order valence-corrected chi connectivity index (χ0v) is 7.05. The SMILES string of the molecule is C(=Nc1ccccc1)c1ccco1. The van der Waals surface area contributed by atoms with Crippen LogP contribution in [-0.4, -0.2) is 6.21 Å². The largest absolute Gasteiger partial charge is 0.463 e. The fourth-order valence-electron chi connectivity index (χ4n) is 1.02. The van der Waals surface area contributed by atoms with Gasteiger partial charge in [-0.15, -0.1) is 0 Å². The van der Waals surface area contributed by atoms with Crippen molar-refractivity contribution in [3.63, 3.8) is 0 Å². The molecule has 13 heavy (non-hydrogen) atoms. The maximum Gasteiger partial charge on any atom is 0.144 e. The molecule has 0 saturated carbocycles. The first-order chi connectivity index (χ1) is 6.45. The molecule has 2 aromatic rings. The third-order valence-electron chi connectivity index (χ3n) is 1.64. The number of para-hydroxylation sites is 1. The first kappa shape index (κ1) is 7.80. The number of hydrogen-bond acceptors (Lipinski definition) is 2. The lowest BCUT2D eigenvalue weighted by Crippen LogP contribution is -1.72. The summed E-state index contributed by atoms with van der Waals surface area (Å²) in [5, 5.41) is 0. The molecule has 0 spiro atoms. The van der Waals surface area contributed by atoms with E-state index in [1.807, 2.05) is 42.5 Å². The van der Waals surface area contributed by atoms with E-state index in [0.29, 0.717) is 0 Å². The maximum absolute atomic E-state index is 5.11. The molecule has 1 heterocycles. The highest BCUT2D eigenvalue weighted by molar-refractivity contribution is 5.78. The standard InChI is InChI=1S/C11H9NO/c1-2-5-10(6-3-1)12-9-11-7-4-8-13-11/h1-9H. The van der Waals surface area contributed by atoms with Crippen molar-refractivity contribution in [3.05, 3.63) is 54.5 Å². The molecule has 0 aliphatic carbocycles. The molecule has 1 aromatic heterocycles. The Morgan fingerprint density at radius 3 is 2.54 bits per heavy atom. The Kier molecular flexibility index (Phi) is 2.23. The highest BCUT2D eigenvalue weighted by Gasteiger charge is 1.88. The van der Waals surface area contributed by atoms with Crippen molar-refractivity contribution in [3.8, 4) is 0 Å². The number of nitrogens with zero attached hydrogens (tertiary/aromatic N) is 1. The Bertz CT molecular complexity index is 376. The summed E-state index contributed by atoms with van der Waals surface area (Å²) in [6, 6.07) is 13.5. The molecule has 2 heteroatoms. The van der Waals surface area contributed by atoms with Gasteiger partial charge in [0, 0.05) is 0 Å². The van der Waals surface area contributed by atoms with Gasteiger partial charge in [0.05, 0.1) is 18.2 Å². The summed E-state index contributed by atoms with van der Waals surface area (Å²) in [4.78, 5) is 4.23. The molecule has 0 atom stereocenters. The van der Waals surface area contributed by atoms with E-state index in [1.54, 1.807) is 12.5 Å².